The third-order valence-corrected chi connectivity index (χ3v) is 9.22. The zero-order chi connectivity index (χ0) is 33.9. The molecule has 0 radical (unpaired) electrons. The van der Waals surface area contributed by atoms with Gasteiger partial charge in [-0.15, -0.1) is 0 Å². The van der Waals surface area contributed by atoms with Crippen molar-refractivity contribution in [3.05, 3.63) is 182 Å². The van der Waals surface area contributed by atoms with Crippen molar-refractivity contribution in [1.29, 1.82) is 0 Å². The van der Waals surface area contributed by atoms with Crippen molar-refractivity contribution in [2.24, 2.45) is 0 Å². The number of rotatable bonds is 9. The molecule has 4 nitrogen and oxygen atoms in total. The Kier molecular flexibility index (Phi) is 8.34. The number of fused-ring (bicyclic) bond motifs is 2. The minimum Gasteiger partial charge on any atom is -0.497 e. The molecule has 0 aliphatic rings. The SMILES string of the molecule is COc1ccc2c(N(c3ccccc3)c3ccc(-c4ccc(N(c5ccccc5)c5cccc6cc(OC)ccc56)cc4)cc3)cccc2c1. The number of hydrogen-bond donors (Lipinski definition) is 0. The summed E-state index contributed by atoms with van der Waals surface area (Å²) in [5, 5.41) is 4.58. The largest absolute Gasteiger partial charge is 0.497 e. The van der Waals surface area contributed by atoms with Crippen LogP contribution in [-0.2, 0) is 0 Å². The highest BCUT2D eigenvalue weighted by Gasteiger charge is 2.17. The second kappa shape index (κ2) is 13.5. The van der Waals surface area contributed by atoms with E-state index in [1.165, 1.54) is 0 Å². The third kappa shape index (κ3) is 5.88. The molecule has 0 atom stereocenters. The number of benzene rings is 8. The second-order valence-corrected chi connectivity index (χ2v) is 12.2. The van der Waals surface area contributed by atoms with Crippen molar-refractivity contribution in [1.82, 2.24) is 0 Å². The smallest absolute Gasteiger partial charge is 0.119 e. The van der Waals surface area contributed by atoms with E-state index in [1.54, 1.807) is 14.2 Å². The summed E-state index contributed by atoms with van der Waals surface area (Å²) in [7, 11) is 3.41. The van der Waals surface area contributed by atoms with E-state index >= 15 is 0 Å². The number of hydrogen-bond acceptors (Lipinski definition) is 4. The predicted molar refractivity (Wildman–Crippen MR) is 209 cm³/mol. The molecule has 0 heterocycles. The Hall–Kier alpha value is -6.52. The standard InChI is InChI=1S/C46H36N2O2/c1-49-41-27-29-43-35(31-41)11-9-17-45(43)47(37-13-5-3-6-14-37)39-23-19-33(20-24-39)34-21-25-40(26-22-34)48(38-15-7-4-8-16-38)46-18-10-12-36-32-42(50-2)28-30-44(36)46/h3-32H,1-2H3. The van der Waals surface area contributed by atoms with E-state index in [0.717, 1.165) is 78.3 Å². The molecular weight excluding hydrogens is 613 g/mol. The number of ether oxygens (including phenoxy) is 2. The van der Waals surface area contributed by atoms with E-state index in [4.69, 9.17) is 9.47 Å². The maximum Gasteiger partial charge on any atom is 0.119 e. The topological polar surface area (TPSA) is 24.9 Å². The Morgan fingerprint density at radius 3 is 1.10 bits per heavy atom. The summed E-state index contributed by atoms with van der Waals surface area (Å²) in [6, 6.07) is 64.1. The molecule has 4 heteroatoms. The molecule has 242 valence electrons. The first-order valence-electron chi connectivity index (χ1n) is 16.7. The fourth-order valence-electron chi connectivity index (χ4n) is 6.75. The van der Waals surface area contributed by atoms with Gasteiger partial charge in [0.2, 0.25) is 0 Å². The first kappa shape index (κ1) is 30.8. The minimum absolute atomic E-state index is 0.848. The van der Waals surface area contributed by atoms with E-state index in [-0.39, 0.29) is 0 Å². The van der Waals surface area contributed by atoms with Gasteiger partial charge in [0.25, 0.3) is 0 Å². The van der Waals surface area contributed by atoms with Gasteiger partial charge in [-0.05, 0) is 119 Å². The van der Waals surface area contributed by atoms with Gasteiger partial charge in [-0.3, -0.25) is 0 Å². The molecule has 50 heavy (non-hydrogen) atoms. The van der Waals surface area contributed by atoms with Crippen LogP contribution >= 0.6 is 0 Å². The van der Waals surface area contributed by atoms with Gasteiger partial charge in [0.05, 0.1) is 25.6 Å². The molecule has 0 amide bonds. The van der Waals surface area contributed by atoms with Crippen LogP contribution in [0.25, 0.3) is 32.7 Å². The average Bonchev–Trinajstić information content (AvgIpc) is 3.19. The zero-order valence-electron chi connectivity index (χ0n) is 28.0. The highest BCUT2D eigenvalue weighted by molar-refractivity contribution is 6.01. The van der Waals surface area contributed by atoms with Crippen LogP contribution in [-0.4, -0.2) is 14.2 Å². The van der Waals surface area contributed by atoms with Crippen LogP contribution < -0.4 is 19.3 Å². The molecular formula is C46H36N2O2. The van der Waals surface area contributed by atoms with Gasteiger partial charge in [0, 0.05) is 33.5 Å². The van der Waals surface area contributed by atoms with Gasteiger partial charge in [-0.1, -0.05) is 84.9 Å². The van der Waals surface area contributed by atoms with Gasteiger partial charge >= 0.3 is 0 Å². The first-order chi connectivity index (χ1) is 24.7. The first-order valence-corrected chi connectivity index (χ1v) is 16.7. The maximum absolute atomic E-state index is 5.52. The lowest BCUT2D eigenvalue weighted by Crippen LogP contribution is -2.10. The summed E-state index contributed by atoms with van der Waals surface area (Å²) < 4.78 is 11.0. The fraction of sp³-hybridized carbons (Fsp3) is 0.0435. The summed E-state index contributed by atoms with van der Waals surface area (Å²) >= 11 is 0. The van der Waals surface area contributed by atoms with E-state index in [1.807, 2.05) is 12.1 Å². The van der Waals surface area contributed by atoms with Crippen LogP contribution in [0.1, 0.15) is 0 Å². The summed E-state index contributed by atoms with van der Waals surface area (Å²) in [5.41, 5.74) is 8.90. The Balaban J connectivity index is 1.15. The lowest BCUT2D eigenvalue weighted by molar-refractivity contribution is 0.415. The van der Waals surface area contributed by atoms with Crippen LogP contribution in [0.3, 0.4) is 0 Å². The Morgan fingerprint density at radius 2 is 0.720 bits per heavy atom. The quantitative estimate of drug-likeness (QED) is 0.155. The molecule has 0 aromatic heterocycles. The number of para-hydroxylation sites is 2. The van der Waals surface area contributed by atoms with Crippen molar-refractivity contribution in [3.8, 4) is 22.6 Å². The Morgan fingerprint density at radius 1 is 0.340 bits per heavy atom. The summed E-state index contributed by atoms with van der Waals surface area (Å²) in [5.74, 6) is 1.70. The molecule has 0 aliphatic heterocycles. The van der Waals surface area contributed by atoms with Crippen LogP contribution in [0.2, 0.25) is 0 Å². The Bertz CT molecular complexity index is 2220. The van der Waals surface area contributed by atoms with E-state index in [2.05, 4.69) is 180 Å². The molecule has 8 rings (SSSR count). The van der Waals surface area contributed by atoms with E-state index in [9.17, 15) is 0 Å². The molecule has 0 N–H and O–H groups in total. The maximum atomic E-state index is 5.52. The summed E-state index contributed by atoms with van der Waals surface area (Å²) in [4.78, 5) is 4.64. The van der Waals surface area contributed by atoms with Gasteiger partial charge in [-0.25, -0.2) is 0 Å². The fourth-order valence-corrected chi connectivity index (χ4v) is 6.75. The van der Waals surface area contributed by atoms with Crippen molar-refractivity contribution in [3.63, 3.8) is 0 Å². The molecule has 0 saturated carbocycles. The molecule has 0 unspecified atom stereocenters. The highest BCUT2D eigenvalue weighted by Crippen LogP contribution is 2.42. The zero-order valence-corrected chi connectivity index (χ0v) is 28.0. The lowest BCUT2D eigenvalue weighted by atomic mass is 10.0. The van der Waals surface area contributed by atoms with Crippen LogP contribution in [0.15, 0.2) is 182 Å². The van der Waals surface area contributed by atoms with Crippen molar-refractivity contribution >= 4 is 55.7 Å². The second-order valence-electron chi connectivity index (χ2n) is 12.2. The average molecular weight is 649 g/mol. The third-order valence-electron chi connectivity index (χ3n) is 9.22. The molecule has 8 aromatic carbocycles. The van der Waals surface area contributed by atoms with Gasteiger partial charge in [0.15, 0.2) is 0 Å². The monoisotopic (exact) mass is 648 g/mol. The number of anilines is 6. The Labute approximate surface area is 293 Å². The van der Waals surface area contributed by atoms with Crippen LogP contribution in [0, 0.1) is 0 Å². The minimum atomic E-state index is 0.848. The van der Waals surface area contributed by atoms with E-state index < -0.39 is 0 Å². The van der Waals surface area contributed by atoms with E-state index in [0.29, 0.717) is 0 Å². The number of methoxy groups -OCH3 is 2. The lowest BCUT2D eigenvalue weighted by Gasteiger charge is -2.27. The molecule has 0 spiro atoms. The van der Waals surface area contributed by atoms with Crippen molar-refractivity contribution in [2.75, 3.05) is 24.0 Å². The molecule has 0 aliphatic carbocycles. The van der Waals surface area contributed by atoms with Crippen molar-refractivity contribution in [2.45, 2.75) is 0 Å². The number of nitrogens with zero attached hydrogens (tertiary/aromatic N) is 2. The molecule has 0 saturated heterocycles. The van der Waals surface area contributed by atoms with Gasteiger partial charge < -0.3 is 19.3 Å². The molecule has 0 bridgehead atoms. The molecule has 0 fully saturated rings. The van der Waals surface area contributed by atoms with Crippen LogP contribution in [0.4, 0.5) is 34.1 Å². The highest BCUT2D eigenvalue weighted by atomic mass is 16.5. The van der Waals surface area contributed by atoms with Gasteiger partial charge in [0.1, 0.15) is 11.5 Å². The predicted octanol–water partition coefficient (Wildman–Crippen LogP) is 12.6. The normalized spacial score (nSPS) is 11.0. The molecule has 8 aromatic rings. The van der Waals surface area contributed by atoms with Crippen LogP contribution in [0.5, 0.6) is 11.5 Å². The summed E-state index contributed by atoms with van der Waals surface area (Å²) in [6.07, 6.45) is 0. The van der Waals surface area contributed by atoms with Gasteiger partial charge in [-0.2, -0.15) is 0 Å². The summed E-state index contributed by atoms with van der Waals surface area (Å²) in [6.45, 7) is 0. The van der Waals surface area contributed by atoms with Crippen molar-refractivity contribution < 1.29 is 9.47 Å².